The Balaban J connectivity index is 0.00000144. The van der Waals surface area contributed by atoms with Gasteiger partial charge in [0.25, 0.3) is 0 Å². The first kappa shape index (κ1) is 25.1. The van der Waals surface area contributed by atoms with Gasteiger partial charge in [-0.3, -0.25) is 9.59 Å². The molecule has 0 bridgehead atoms. The van der Waals surface area contributed by atoms with Gasteiger partial charge in [0.15, 0.2) is 5.78 Å². The molecular weight excluding hydrogens is 496 g/mol. The molecular formula is C28H24O10. The van der Waals surface area contributed by atoms with Crippen molar-refractivity contribution in [3.63, 3.8) is 0 Å². The van der Waals surface area contributed by atoms with Crippen molar-refractivity contribution in [2.45, 2.75) is 39.9 Å². The first-order valence-electron chi connectivity index (χ1n) is 12.0. The molecule has 2 aliphatic carbocycles. The summed E-state index contributed by atoms with van der Waals surface area (Å²) >= 11 is 0. The zero-order chi connectivity index (χ0) is 27.8. The Morgan fingerprint density at radius 3 is 2.13 bits per heavy atom. The number of aliphatic hydroxyl groups is 1. The number of aryl methyl sites for hydroxylation is 1. The lowest BCUT2D eigenvalue weighted by Crippen LogP contribution is -2.24. The number of carbonyl (C=O) groups excluding carboxylic acids is 3. The Morgan fingerprint density at radius 2 is 1.47 bits per heavy atom. The SMILES string of the molecule is CC.COc1c2c(c(O)c3c1C(=O)c1c(cc(O)c(C)c1O)C3=O)-c1c(cc3c(c1O)C(=O)OC3O)CC2. The molecule has 1 aliphatic heterocycles. The number of cyclic esters (lactones) is 1. The van der Waals surface area contributed by atoms with E-state index >= 15 is 0 Å². The predicted octanol–water partition coefficient (Wildman–Crippen LogP) is 3.55. The van der Waals surface area contributed by atoms with E-state index in [-0.39, 0.29) is 63.1 Å². The molecule has 0 saturated heterocycles. The van der Waals surface area contributed by atoms with Gasteiger partial charge in [-0.1, -0.05) is 13.8 Å². The number of phenolic OH excluding ortho intramolecular Hbond substituents is 4. The van der Waals surface area contributed by atoms with Crippen LogP contribution in [0.1, 0.15) is 84.6 Å². The van der Waals surface area contributed by atoms with E-state index in [4.69, 9.17) is 9.47 Å². The molecule has 0 aromatic heterocycles. The van der Waals surface area contributed by atoms with Crippen LogP contribution in [0.25, 0.3) is 11.1 Å². The molecule has 196 valence electrons. The number of esters is 1. The number of carbonyl (C=O) groups is 3. The van der Waals surface area contributed by atoms with Gasteiger partial charge in [-0.2, -0.15) is 0 Å². The van der Waals surface area contributed by atoms with Crippen LogP contribution < -0.4 is 4.74 Å². The molecule has 3 aliphatic rings. The number of hydrogen-bond acceptors (Lipinski definition) is 10. The number of phenols is 4. The number of methoxy groups -OCH3 is 1. The molecule has 1 heterocycles. The summed E-state index contributed by atoms with van der Waals surface area (Å²) in [4.78, 5) is 39.4. The van der Waals surface area contributed by atoms with E-state index in [0.29, 0.717) is 11.1 Å². The van der Waals surface area contributed by atoms with Crippen LogP contribution in [0.2, 0.25) is 0 Å². The van der Waals surface area contributed by atoms with Crippen molar-refractivity contribution in [1.82, 2.24) is 0 Å². The number of aliphatic hydroxyl groups excluding tert-OH is 1. The summed E-state index contributed by atoms with van der Waals surface area (Å²) in [6.07, 6.45) is -1.03. The monoisotopic (exact) mass is 520 g/mol. The quantitative estimate of drug-likeness (QED) is 0.234. The summed E-state index contributed by atoms with van der Waals surface area (Å²) in [5, 5.41) is 53.3. The Hall–Kier alpha value is -4.57. The Morgan fingerprint density at radius 1 is 0.816 bits per heavy atom. The Labute approximate surface area is 216 Å². The summed E-state index contributed by atoms with van der Waals surface area (Å²) in [5.74, 6) is -4.69. The van der Waals surface area contributed by atoms with Crippen LogP contribution in [0, 0.1) is 6.92 Å². The molecule has 1 atom stereocenters. The molecule has 3 aromatic carbocycles. The summed E-state index contributed by atoms with van der Waals surface area (Å²) in [6.45, 7) is 5.39. The molecule has 6 rings (SSSR count). The minimum atomic E-state index is -1.55. The molecule has 5 N–H and O–H groups in total. The second kappa shape index (κ2) is 8.49. The summed E-state index contributed by atoms with van der Waals surface area (Å²) in [7, 11) is 1.29. The van der Waals surface area contributed by atoms with E-state index in [9.17, 15) is 39.9 Å². The van der Waals surface area contributed by atoms with Crippen LogP contribution in [0.4, 0.5) is 0 Å². The van der Waals surface area contributed by atoms with Crippen molar-refractivity contribution in [2.24, 2.45) is 0 Å². The lowest BCUT2D eigenvalue weighted by atomic mass is 9.75. The number of ether oxygens (including phenoxy) is 2. The van der Waals surface area contributed by atoms with Gasteiger partial charge < -0.3 is 35.0 Å². The fraction of sp³-hybridized carbons (Fsp3) is 0.250. The van der Waals surface area contributed by atoms with Gasteiger partial charge in [0.05, 0.1) is 23.8 Å². The van der Waals surface area contributed by atoms with Crippen molar-refractivity contribution in [3.05, 3.63) is 62.2 Å². The number of fused-ring (bicyclic) bond motifs is 6. The smallest absolute Gasteiger partial charge is 0.345 e. The van der Waals surface area contributed by atoms with E-state index in [0.717, 1.165) is 6.07 Å². The largest absolute Gasteiger partial charge is 0.508 e. The van der Waals surface area contributed by atoms with Crippen molar-refractivity contribution < 1.29 is 49.4 Å². The molecule has 0 radical (unpaired) electrons. The first-order chi connectivity index (χ1) is 18.1. The zero-order valence-electron chi connectivity index (χ0n) is 20.9. The molecule has 1 unspecified atom stereocenters. The minimum Gasteiger partial charge on any atom is -0.508 e. The maximum Gasteiger partial charge on any atom is 0.345 e. The normalized spacial score (nSPS) is 16.3. The fourth-order valence-electron chi connectivity index (χ4n) is 5.47. The first-order valence-corrected chi connectivity index (χ1v) is 12.0. The molecule has 10 heteroatoms. The third-order valence-electron chi connectivity index (χ3n) is 7.18. The maximum atomic E-state index is 13.6. The zero-order valence-corrected chi connectivity index (χ0v) is 20.9. The predicted molar refractivity (Wildman–Crippen MR) is 132 cm³/mol. The van der Waals surface area contributed by atoms with Gasteiger partial charge in [0, 0.05) is 33.4 Å². The molecule has 0 saturated carbocycles. The molecule has 3 aromatic rings. The molecule has 0 spiro atoms. The Kier molecular flexibility index (Phi) is 5.61. The van der Waals surface area contributed by atoms with E-state index in [2.05, 4.69) is 0 Å². The molecule has 0 amide bonds. The van der Waals surface area contributed by atoms with Gasteiger partial charge >= 0.3 is 5.97 Å². The lowest BCUT2D eigenvalue weighted by Gasteiger charge is -2.30. The minimum absolute atomic E-state index is 0.00601. The highest BCUT2D eigenvalue weighted by atomic mass is 16.6. The van der Waals surface area contributed by atoms with Gasteiger partial charge in [-0.05, 0) is 37.5 Å². The van der Waals surface area contributed by atoms with Gasteiger partial charge in [0.2, 0.25) is 12.1 Å². The van der Waals surface area contributed by atoms with Crippen molar-refractivity contribution >= 4 is 17.5 Å². The number of rotatable bonds is 1. The van der Waals surface area contributed by atoms with Gasteiger partial charge in [0.1, 0.15) is 34.3 Å². The van der Waals surface area contributed by atoms with Crippen molar-refractivity contribution in [3.8, 4) is 39.9 Å². The van der Waals surface area contributed by atoms with E-state index in [1.54, 1.807) is 0 Å². The summed E-state index contributed by atoms with van der Waals surface area (Å²) in [6, 6.07) is 2.55. The van der Waals surface area contributed by atoms with Crippen molar-refractivity contribution in [2.75, 3.05) is 7.11 Å². The molecule has 0 fully saturated rings. The third kappa shape index (κ3) is 3.00. The van der Waals surface area contributed by atoms with Crippen LogP contribution >= 0.6 is 0 Å². The summed E-state index contributed by atoms with van der Waals surface area (Å²) < 4.78 is 10.4. The van der Waals surface area contributed by atoms with Gasteiger partial charge in [-0.15, -0.1) is 0 Å². The van der Waals surface area contributed by atoms with Gasteiger partial charge in [-0.25, -0.2) is 4.79 Å². The number of ketones is 2. The van der Waals surface area contributed by atoms with Crippen LogP contribution in [-0.2, 0) is 17.6 Å². The fourth-order valence-corrected chi connectivity index (χ4v) is 5.47. The third-order valence-corrected chi connectivity index (χ3v) is 7.18. The highest BCUT2D eigenvalue weighted by Gasteiger charge is 2.43. The van der Waals surface area contributed by atoms with Crippen molar-refractivity contribution in [1.29, 1.82) is 0 Å². The van der Waals surface area contributed by atoms with Crippen LogP contribution in [-0.4, -0.2) is 50.2 Å². The van der Waals surface area contributed by atoms with Crippen LogP contribution in [0.3, 0.4) is 0 Å². The lowest BCUT2D eigenvalue weighted by molar-refractivity contribution is -0.0548. The highest BCUT2D eigenvalue weighted by Crippen LogP contribution is 2.55. The number of aromatic hydroxyl groups is 4. The van der Waals surface area contributed by atoms with Crippen LogP contribution in [0.5, 0.6) is 28.7 Å². The maximum absolute atomic E-state index is 13.6. The van der Waals surface area contributed by atoms with E-state index in [1.165, 1.54) is 20.1 Å². The van der Waals surface area contributed by atoms with E-state index in [1.807, 2.05) is 13.8 Å². The second-order valence-electron chi connectivity index (χ2n) is 8.92. The van der Waals surface area contributed by atoms with Crippen LogP contribution in [0.15, 0.2) is 12.1 Å². The van der Waals surface area contributed by atoms with E-state index < -0.39 is 52.4 Å². The Bertz CT molecular complexity index is 1620. The average molecular weight is 520 g/mol. The average Bonchev–Trinajstić information content (AvgIpc) is 3.19. The molecule has 38 heavy (non-hydrogen) atoms. The second-order valence-corrected chi connectivity index (χ2v) is 8.92. The topological polar surface area (TPSA) is 171 Å². The summed E-state index contributed by atoms with van der Waals surface area (Å²) in [5.41, 5.74) is -0.564. The highest BCUT2D eigenvalue weighted by molar-refractivity contribution is 6.32. The number of hydrogen-bond donors (Lipinski definition) is 5. The molecule has 10 nitrogen and oxygen atoms in total. The standard InChI is InChI=1S/C26H18O10.C2H6/c1-7-12(27)6-10-15(19(7)28)23(32)18-17(20(10)29)22(31)14-9(24(18)35-2)4-3-8-5-11-16(21(30)13(8)14)26(34)36-25(11)33;1-2/h5-6,25,27-28,30-31,33H,3-4H2,1-2H3;1-2H3. The number of benzene rings is 3.